The molecule has 7 nitrogen and oxygen atoms in total. The largest absolute Gasteiger partial charge is 0.493 e. The first kappa shape index (κ1) is 21.7. The van der Waals surface area contributed by atoms with Gasteiger partial charge in [0.25, 0.3) is 11.8 Å². The fourth-order valence-corrected chi connectivity index (χ4v) is 2.47. The standard InChI is InChI=1S/C18H28N4O3S/c1-6-25-14-10-8-7-9-13(14)16(23)20-15(11(2)3)17(24)21-22-18(26)19-12(4)5/h7-12,15H,6H2,1-5H3,(H,20,23)(H,21,24)(H2,19,22,26)/t15-/m0/s1. The van der Waals surface area contributed by atoms with Crippen LogP contribution in [-0.2, 0) is 4.79 Å². The number of hydrazine groups is 1. The van der Waals surface area contributed by atoms with Crippen LogP contribution in [-0.4, -0.2) is 35.6 Å². The number of benzene rings is 1. The zero-order valence-corrected chi connectivity index (χ0v) is 16.7. The van der Waals surface area contributed by atoms with E-state index in [0.717, 1.165) is 0 Å². The minimum Gasteiger partial charge on any atom is -0.493 e. The molecule has 1 aromatic rings. The lowest BCUT2D eigenvalue weighted by molar-refractivity contribution is -0.124. The van der Waals surface area contributed by atoms with Crippen LogP contribution in [0.5, 0.6) is 5.75 Å². The number of carbonyl (C=O) groups is 2. The average molecular weight is 381 g/mol. The Hall–Kier alpha value is -2.35. The molecule has 144 valence electrons. The van der Waals surface area contributed by atoms with E-state index in [1.807, 2.05) is 34.6 Å². The molecule has 0 radical (unpaired) electrons. The van der Waals surface area contributed by atoms with Gasteiger partial charge in [0, 0.05) is 6.04 Å². The van der Waals surface area contributed by atoms with Gasteiger partial charge in [-0.15, -0.1) is 0 Å². The summed E-state index contributed by atoms with van der Waals surface area (Å²) in [6, 6.07) is 6.34. The van der Waals surface area contributed by atoms with Gasteiger partial charge in [0.15, 0.2) is 5.11 Å². The number of thiocarbonyl (C=S) groups is 1. The van der Waals surface area contributed by atoms with E-state index in [0.29, 0.717) is 23.0 Å². The van der Waals surface area contributed by atoms with Gasteiger partial charge in [-0.25, -0.2) is 0 Å². The van der Waals surface area contributed by atoms with Crippen LogP contribution < -0.4 is 26.2 Å². The van der Waals surface area contributed by atoms with Crippen LogP contribution in [0, 0.1) is 5.92 Å². The third kappa shape index (κ3) is 6.87. The maximum Gasteiger partial charge on any atom is 0.261 e. The van der Waals surface area contributed by atoms with E-state index in [-0.39, 0.29) is 23.8 Å². The van der Waals surface area contributed by atoms with Crippen molar-refractivity contribution in [2.75, 3.05) is 6.61 Å². The van der Waals surface area contributed by atoms with Crippen LogP contribution >= 0.6 is 12.2 Å². The molecule has 0 unspecified atom stereocenters. The lowest BCUT2D eigenvalue weighted by atomic mass is 10.0. The van der Waals surface area contributed by atoms with Gasteiger partial charge in [-0.3, -0.25) is 20.4 Å². The Morgan fingerprint density at radius 3 is 2.31 bits per heavy atom. The number of hydrogen-bond donors (Lipinski definition) is 4. The number of amides is 2. The van der Waals surface area contributed by atoms with Gasteiger partial charge < -0.3 is 15.4 Å². The molecule has 0 bridgehead atoms. The van der Waals surface area contributed by atoms with Gasteiger partial charge in [-0.2, -0.15) is 0 Å². The van der Waals surface area contributed by atoms with Crippen molar-refractivity contribution < 1.29 is 14.3 Å². The first-order valence-electron chi connectivity index (χ1n) is 8.65. The van der Waals surface area contributed by atoms with Crippen LogP contribution in [0.1, 0.15) is 45.0 Å². The van der Waals surface area contributed by atoms with Crippen molar-refractivity contribution >= 4 is 29.1 Å². The summed E-state index contributed by atoms with van der Waals surface area (Å²) in [4.78, 5) is 25.1. The number of ether oxygens (including phenoxy) is 1. The summed E-state index contributed by atoms with van der Waals surface area (Å²) >= 11 is 5.07. The third-order valence-electron chi connectivity index (χ3n) is 3.39. The van der Waals surface area contributed by atoms with E-state index in [2.05, 4.69) is 21.5 Å². The predicted octanol–water partition coefficient (Wildman–Crippen LogP) is 1.74. The molecule has 0 heterocycles. The van der Waals surface area contributed by atoms with Gasteiger partial charge in [0.1, 0.15) is 11.8 Å². The average Bonchev–Trinajstić information content (AvgIpc) is 2.57. The Bertz CT molecular complexity index is 635. The van der Waals surface area contributed by atoms with Gasteiger partial charge >= 0.3 is 0 Å². The summed E-state index contributed by atoms with van der Waals surface area (Å²) in [6.07, 6.45) is 0. The number of hydrogen-bond acceptors (Lipinski definition) is 4. The zero-order chi connectivity index (χ0) is 19.7. The molecule has 0 aliphatic carbocycles. The minimum atomic E-state index is -0.730. The topological polar surface area (TPSA) is 91.5 Å². The van der Waals surface area contributed by atoms with E-state index in [9.17, 15) is 9.59 Å². The molecular weight excluding hydrogens is 352 g/mol. The second kappa shape index (κ2) is 10.6. The van der Waals surface area contributed by atoms with E-state index in [1.54, 1.807) is 24.3 Å². The highest BCUT2D eigenvalue weighted by molar-refractivity contribution is 7.80. The van der Waals surface area contributed by atoms with Gasteiger partial charge in [-0.05, 0) is 51.0 Å². The molecule has 0 aliphatic rings. The molecular formula is C18H28N4O3S. The summed E-state index contributed by atoms with van der Waals surface area (Å²) in [5.74, 6) is -0.386. The highest BCUT2D eigenvalue weighted by Gasteiger charge is 2.26. The first-order valence-corrected chi connectivity index (χ1v) is 9.06. The second-order valence-electron chi connectivity index (χ2n) is 6.37. The van der Waals surface area contributed by atoms with Crippen molar-refractivity contribution in [3.63, 3.8) is 0 Å². The molecule has 1 rings (SSSR count). The molecule has 0 spiro atoms. The summed E-state index contributed by atoms with van der Waals surface area (Å²) < 4.78 is 5.48. The molecule has 0 saturated heterocycles. The van der Waals surface area contributed by atoms with Crippen molar-refractivity contribution in [3.8, 4) is 5.75 Å². The monoisotopic (exact) mass is 380 g/mol. The Kier molecular flexibility index (Phi) is 8.84. The van der Waals surface area contributed by atoms with Crippen molar-refractivity contribution in [3.05, 3.63) is 29.8 Å². The Morgan fingerprint density at radius 2 is 1.73 bits per heavy atom. The summed E-state index contributed by atoms with van der Waals surface area (Å²) in [7, 11) is 0. The molecule has 0 aliphatic heterocycles. The molecule has 1 aromatic carbocycles. The highest BCUT2D eigenvalue weighted by Crippen LogP contribution is 2.18. The van der Waals surface area contributed by atoms with Crippen LogP contribution in [0.2, 0.25) is 0 Å². The Balaban J connectivity index is 2.77. The Labute approximate surface area is 160 Å². The molecule has 2 amide bonds. The van der Waals surface area contributed by atoms with Crippen molar-refractivity contribution in [2.24, 2.45) is 5.92 Å². The predicted molar refractivity (Wildman–Crippen MR) is 106 cm³/mol. The summed E-state index contributed by atoms with van der Waals surface area (Å²) in [5.41, 5.74) is 5.55. The van der Waals surface area contributed by atoms with Crippen LogP contribution in [0.4, 0.5) is 0 Å². The lowest BCUT2D eigenvalue weighted by Crippen LogP contribution is -2.56. The van der Waals surface area contributed by atoms with E-state index in [4.69, 9.17) is 17.0 Å². The van der Waals surface area contributed by atoms with Crippen LogP contribution in [0.25, 0.3) is 0 Å². The maximum atomic E-state index is 12.6. The molecule has 0 aromatic heterocycles. The first-order chi connectivity index (χ1) is 12.3. The molecule has 26 heavy (non-hydrogen) atoms. The molecule has 8 heteroatoms. The van der Waals surface area contributed by atoms with Gasteiger partial charge in [0.05, 0.1) is 12.2 Å². The van der Waals surface area contributed by atoms with Crippen molar-refractivity contribution in [2.45, 2.75) is 46.7 Å². The van der Waals surface area contributed by atoms with E-state index in [1.165, 1.54) is 0 Å². The molecule has 0 saturated carbocycles. The van der Waals surface area contributed by atoms with Crippen LogP contribution in [0.3, 0.4) is 0 Å². The molecule has 4 N–H and O–H groups in total. The van der Waals surface area contributed by atoms with E-state index < -0.39 is 6.04 Å². The van der Waals surface area contributed by atoms with Crippen molar-refractivity contribution in [1.29, 1.82) is 0 Å². The lowest BCUT2D eigenvalue weighted by Gasteiger charge is -2.23. The fraction of sp³-hybridized carbons (Fsp3) is 0.500. The zero-order valence-electron chi connectivity index (χ0n) is 15.9. The number of rotatable bonds is 7. The third-order valence-corrected chi connectivity index (χ3v) is 3.61. The number of nitrogens with one attached hydrogen (secondary N) is 4. The Morgan fingerprint density at radius 1 is 1.08 bits per heavy atom. The van der Waals surface area contributed by atoms with Crippen molar-refractivity contribution in [1.82, 2.24) is 21.5 Å². The number of carbonyl (C=O) groups excluding carboxylic acids is 2. The van der Waals surface area contributed by atoms with Gasteiger partial charge in [-0.1, -0.05) is 26.0 Å². The fourth-order valence-electron chi connectivity index (χ4n) is 2.18. The second-order valence-corrected chi connectivity index (χ2v) is 6.77. The quantitative estimate of drug-likeness (QED) is 0.426. The summed E-state index contributed by atoms with van der Waals surface area (Å²) in [5, 5.41) is 6.03. The van der Waals surface area contributed by atoms with E-state index >= 15 is 0 Å². The van der Waals surface area contributed by atoms with Gasteiger partial charge in [0.2, 0.25) is 0 Å². The molecule has 1 atom stereocenters. The smallest absolute Gasteiger partial charge is 0.261 e. The minimum absolute atomic E-state index is 0.119. The SMILES string of the molecule is CCOc1ccccc1C(=O)N[C@H](C(=O)NNC(=S)NC(C)C)C(C)C. The maximum absolute atomic E-state index is 12.6. The highest BCUT2D eigenvalue weighted by atomic mass is 32.1. The normalized spacial score (nSPS) is 11.7. The number of para-hydroxylation sites is 1. The molecule has 0 fully saturated rings. The van der Waals surface area contributed by atoms with Crippen LogP contribution in [0.15, 0.2) is 24.3 Å². The summed E-state index contributed by atoms with van der Waals surface area (Å²) in [6.45, 7) is 9.86.